The predicted molar refractivity (Wildman–Crippen MR) is 69.8 cm³/mol. The summed E-state index contributed by atoms with van der Waals surface area (Å²) in [5.74, 6) is 0. The van der Waals surface area contributed by atoms with Crippen LogP contribution < -0.4 is 0 Å². The number of hydrogen-bond donors (Lipinski definition) is 0. The Bertz CT molecular complexity index is 577. The normalized spacial score (nSPS) is 29.0. The molecule has 0 fully saturated rings. The molecule has 0 aliphatic carbocycles. The van der Waals surface area contributed by atoms with Gasteiger partial charge in [0.1, 0.15) is 10.3 Å². The van der Waals surface area contributed by atoms with Crippen LogP contribution in [0, 0.1) is 0 Å². The molecule has 1 aromatic carbocycles. The lowest BCUT2D eigenvalue weighted by Gasteiger charge is -2.35. The Balaban J connectivity index is 2.89. The minimum Gasteiger partial charge on any atom is -0.372 e. The highest BCUT2D eigenvalue weighted by atomic mass is 79.9. The van der Waals surface area contributed by atoms with Crippen LogP contribution in [0.1, 0.15) is 26.3 Å². The summed E-state index contributed by atoms with van der Waals surface area (Å²) in [6.07, 6.45) is 0. The Morgan fingerprint density at radius 3 is 2.35 bits per heavy atom. The number of ether oxygens (including phenoxy) is 1. The summed E-state index contributed by atoms with van der Waals surface area (Å²) in [5.41, 5.74) is -0.0878. The van der Waals surface area contributed by atoms with Crippen molar-refractivity contribution in [1.82, 2.24) is 0 Å². The Labute approximate surface area is 110 Å². The van der Waals surface area contributed by atoms with Crippen molar-refractivity contribution in [1.29, 1.82) is 0 Å². The molecule has 0 aromatic heterocycles. The van der Waals surface area contributed by atoms with Gasteiger partial charge in [0.15, 0.2) is 9.84 Å². The van der Waals surface area contributed by atoms with E-state index < -0.39 is 20.2 Å². The predicted octanol–water partition coefficient (Wildman–Crippen LogP) is 2.88. The minimum absolute atomic E-state index is 0.362. The molecular weight excluding hydrogens is 304 g/mol. The molecule has 0 spiro atoms. The van der Waals surface area contributed by atoms with Crippen molar-refractivity contribution < 1.29 is 13.2 Å². The molecule has 2 rings (SSSR count). The molecule has 0 radical (unpaired) electrons. The monoisotopic (exact) mass is 318 g/mol. The van der Waals surface area contributed by atoms with Crippen LogP contribution in [-0.4, -0.2) is 20.3 Å². The summed E-state index contributed by atoms with van der Waals surface area (Å²) in [6.45, 7) is 5.24. The zero-order chi connectivity index (χ0) is 13.1. The number of hydrogen-bond acceptors (Lipinski definition) is 3. The van der Waals surface area contributed by atoms with E-state index in [1.165, 1.54) is 0 Å². The lowest BCUT2D eigenvalue weighted by Crippen LogP contribution is -2.46. The average Bonchev–Trinajstić information content (AvgIpc) is 2.37. The van der Waals surface area contributed by atoms with Crippen LogP contribution in [0.15, 0.2) is 27.6 Å². The zero-order valence-corrected chi connectivity index (χ0v) is 12.6. The molecule has 3 nitrogen and oxygen atoms in total. The van der Waals surface area contributed by atoms with Gasteiger partial charge in [-0.25, -0.2) is 8.42 Å². The van der Waals surface area contributed by atoms with E-state index in [9.17, 15) is 8.42 Å². The number of rotatable bonds is 1. The van der Waals surface area contributed by atoms with Crippen LogP contribution in [0.3, 0.4) is 0 Å². The summed E-state index contributed by atoms with van der Waals surface area (Å²) >= 11 is 3.31. The van der Waals surface area contributed by atoms with Gasteiger partial charge in [-0.05, 0) is 32.9 Å². The standard InChI is InChI=1S/C12H15BrO3S/c1-11(2)12(3,16-4)9-6-5-8(13)7-10(9)17(11,14)15/h5-7H,1-4H3. The van der Waals surface area contributed by atoms with E-state index in [4.69, 9.17) is 4.74 Å². The molecule has 17 heavy (non-hydrogen) atoms. The van der Waals surface area contributed by atoms with E-state index in [0.717, 1.165) is 10.0 Å². The van der Waals surface area contributed by atoms with Gasteiger partial charge in [-0.1, -0.05) is 22.0 Å². The Hall–Kier alpha value is -0.390. The third-order valence-electron chi connectivity index (χ3n) is 3.98. The van der Waals surface area contributed by atoms with Crippen molar-refractivity contribution >= 4 is 25.8 Å². The second kappa shape index (κ2) is 3.56. The summed E-state index contributed by atoms with van der Waals surface area (Å²) in [5, 5.41) is 0. The molecule has 94 valence electrons. The van der Waals surface area contributed by atoms with Crippen molar-refractivity contribution in [3.05, 3.63) is 28.2 Å². The lowest BCUT2D eigenvalue weighted by atomic mass is 9.85. The number of benzene rings is 1. The molecule has 0 saturated heterocycles. The third-order valence-corrected chi connectivity index (χ3v) is 7.12. The first-order valence-electron chi connectivity index (χ1n) is 5.28. The van der Waals surface area contributed by atoms with E-state index >= 15 is 0 Å². The second-order valence-corrected chi connectivity index (χ2v) is 8.27. The van der Waals surface area contributed by atoms with Gasteiger partial charge in [-0.3, -0.25) is 0 Å². The number of methoxy groups -OCH3 is 1. The molecule has 0 bridgehead atoms. The van der Waals surface area contributed by atoms with Crippen LogP contribution >= 0.6 is 15.9 Å². The van der Waals surface area contributed by atoms with Crippen LogP contribution in [0.5, 0.6) is 0 Å². The van der Waals surface area contributed by atoms with Crippen molar-refractivity contribution in [2.45, 2.75) is 36.0 Å². The average molecular weight is 319 g/mol. The summed E-state index contributed by atoms with van der Waals surface area (Å²) in [7, 11) is -1.83. The van der Waals surface area contributed by atoms with Crippen LogP contribution in [0.2, 0.25) is 0 Å². The van der Waals surface area contributed by atoms with E-state index in [1.807, 2.05) is 19.1 Å². The van der Waals surface area contributed by atoms with E-state index in [0.29, 0.717) is 4.90 Å². The van der Waals surface area contributed by atoms with Gasteiger partial charge in [0.25, 0.3) is 0 Å². The maximum Gasteiger partial charge on any atom is 0.187 e. The minimum atomic E-state index is -3.38. The molecule has 1 heterocycles. The first kappa shape index (κ1) is 13.1. The molecule has 1 aliphatic rings. The van der Waals surface area contributed by atoms with Gasteiger partial charge in [-0.2, -0.15) is 0 Å². The van der Waals surface area contributed by atoms with Crippen molar-refractivity contribution in [3.63, 3.8) is 0 Å². The molecule has 1 aromatic rings. The number of fused-ring (bicyclic) bond motifs is 1. The highest BCUT2D eigenvalue weighted by molar-refractivity contribution is 9.10. The van der Waals surface area contributed by atoms with Gasteiger partial charge in [-0.15, -0.1) is 0 Å². The highest BCUT2D eigenvalue weighted by Crippen LogP contribution is 2.52. The first-order chi connectivity index (χ1) is 7.68. The van der Waals surface area contributed by atoms with Crippen LogP contribution in [0.4, 0.5) is 0 Å². The third kappa shape index (κ3) is 1.39. The molecule has 5 heteroatoms. The largest absolute Gasteiger partial charge is 0.372 e. The van der Waals surface area contributed by atoms with Crippen molar-refractivity contribution in [2.75, 3.05) is 7.11 Å². The summed E-state index contributed by atoms with van der Waals surface area (Å²) in [4.78, 5) is 0.362. The zero-order valence-electron chi connectivity index (χ0n) is 10.2. The SMILES string of the molecule is COC1(C)c2ccc(Br)cc2S(=O)(=O)C1(C)C. The fraction of sp³-hybridized carbons (Fsp3) is 0.500. The topological polar surface area (TPSA) is 43.4 Å². The molecule has 0 amide bonds. The lowest BCUT2D eigenvalue weighted by molar-refractivity contribution is -0.0227. The Morgan fingerprint density at radius 1 is 1.24 bits per heavy atom. The van der Waals surface area contributed by atoms with Gasteiger partial charge in [0.05, 0.1) is 4.90 Å². The smallest absolute Gasteiger partial charge is 0.187 e. The number of halogens is 1. The fourth-order valence-corrected chi connectivity index (χ4v) is 4.93. The summed E-state index contributed by atoms with van der Waals surface area (Å²) < 4.78 is 30.4. The van der Waals surface area contributed by atoms with Gasteiger partial charge >= 0.3 is 0 Å². The quantitative estimate of drug-likeness (QED) is 0.799. The van der Waals surface area contributed by atoms with E-state index in [2.05, 4.69) is 15.9 Å². The molecule has 0 saturated carbocycles. The van der Waals surface area contributed by atoms with Gasteiger partial charge < -0.3 is 4.74 Å². The van der Waals surface area contributed by atoms with E-state index in [1.54, 1.807) is 27.0 Å². The van der Waals surface area contributed by atoms with E-state index in [-0.39, 0.29) is 0 Å². The Morgan fingerprint density at radius 2 is 1.82 bits per heavy atom. The molecule has 1 unspecified atom stereocenters. The maximum atomic E-state index is 12.5. The number of sulfone groups is 1. The molecule has 1 aliphatic heterocycles. The Kier molecular flexibility index (Phi) is 2.73. The molecule has 1 atom stereocenters. The maximum absolute atomic E-state index is 12.5. The highest BCUT2D eigenvalue weighted by Gasteiger charge is 2.60. The summed E-state index contributed by atoms with van der Waals surface area (Å²) in [6, 6.07) is 5.30. The fourth-order valence-electron chi connectivity index (χ4n) is 2.32. The first-order valence-corrected chi connectivity index (χ1v) is 7.56. The van der Waals surface area contributed by atoms with Crippen LogP contribution in [-0.2, 0) is 20.2 Å². The van der Waals surface area contributed by atoms with Crippen molar-refractivity contribution in [2.24, 2.45) is 0 Å². The van der Waals surface area contributed by atoms with Gasteiger partial charge in [0.2, 0.25) is 0 Å². The van der Waals surface area contributed by atoms with Crippen LogP contribution in [0.25, 0.3) is 0 Å². The second-order valence-electron chi connectivity index (χ2n) is 4.89. The van der Waals surface area contributed by atoms with Gasteiger partial charge in [0, 0.05) is 17.1 Å². The molecular formula is C12H15BrO3S. The molecule has 0 N–H and O–H groups in total. The van der Waals surface area contributed by atoms with Crippen molar-refractivity contribution in [3.8, 4) is 0 Å².